The predicted octanol–water partition coefficient (Wildman–Crippen LogP) is 5.83. The van der Waals surface area contributed by atoms with Crippen LogP contribution < -0.4 is 5.32 Å². The summed E-state index contributed by atoms with van der Waals surface area (Å²) in [6, 6.07) is 17.5. The van der Waals surface area contributed by atoms with Gasteiger partial charge in [-0.05, 0) is 60.1 Å². The van der Waals surface area contributed by atoms with Crippen LogP contribution >= 0.6 is 0 Å². The molecule has 0 unspecified atom stereocenters. The molecule has 2 aromatic carbocycles. The van der Waals surface area contributed by atoms with Crippen LogP contribution in [0.5, 0.6) is 0 Å². The standard InChI is InChI=1S/C20H27N/c1-15(2)11-17-7-5-9-19(13-17)21-20-10-6-8-18(14-20)12-16(3)4/h5-10,13-16,21H,11-12H2,1-4H3. The average Bonchev–Trinajstić information content (AvgIpc) is 2.37. The van der Waals surface area contributed by atoms with Crippen molar-refractivity contribution in [1.29, 1.82) is 0 Å². The highest BCUT2D eigenvalue weighted by atomic mass is 14.9. The van der Waals surface area contributed by atoms with Gasteiger partial charge in [0.25, 0.3) is 0 Å². The molecule has 1 heteroatoms. The van der Waals surface area contributed by atoms with Gasteiger partial charge < -0.3 is 5.32 Å². The van der Waals surface area contributed by atoms with Crippen LogP contribution in [0.25, 0.3) is 0 Å². The van der Waals surface area contributed by atoms with E-state index in [9.17, 15) is 0 Å². The van der Waals surface area contributed by atoms with Crippen molar-refractivity contribution in [2.75, 3.05) is 5.32 Å². The van der Waals surface area contributed by atoms with Crippen LogP contribution in [0.15, 0.2) is 48.5 Å². The Balaban J connectivity index is 2.10. The average molecular weight is 281 g/mol. The number of benzene rings is 2. The molecule has 2 aromatic rings. The topological polar surface area (TPSA) is 12.0 Å². The Hall–Kier alpha value is -1.76. The van der Waals surface area contributed by atoms with Crippen LogP contribution in [0.3, 0.4) is 0 Å². The molecule has 1 nitrogen and oxygen atoms in total. The monoisotopic (exact) mass is 281 g/mol. The zero-order valence-electron chi connectivity index (χ0n) is 13.7. The Morgan fingerprint density at radius 2 is 1.14 bits per heavy atom. The maximum absolute atomic E-state index is 3.53. The van der Waals surface area contributed by atoms with Crippen molar-refractivity contribution in [1.82, 2.24) is 0 Å². The SMILES string of the molecule is CC(C)Cc1cccc(Nc2cccc(CC(C)C)c2)c1. The minimum absolute atomic E-state index is 0.689. The summed E-state index contributed by atoms with van der Waals surface area (Å²) in [7, 11) is 0. The number of rotatable bonds is 6. The summed E-state index contributed by atoms with van der Waals surface area (Å²) < 4.78 is 0. The third-order valence-corrected chi connectivity index (χ3v) is 3.43. The number of hydrogen-bond acceptors (Lipinski definition) is 1. The van der Waals surface area contributed by atoms with Crippen molar-refractivity contribution in [3.63, 3.8) is 0 Å². The van der Waals surface area contributed by atoms with Gasteiger partial charge in [0, 0.05) is 11.4 Å². The van der Waals surface area contributed by atoms with E-state index in [0.29, 0.717) is 11.8 Å². The van der Waals surface area contributed by atoms with Gasteiger partial charge in [0.15, 0.2) is 0 Å². The molecule has 0 fully saturated rings. The van der Waals surface area contributed by atoms with Gasteiger partial charge in [-0.1, -0.05) is 52.0 Å². The number of nitrogens with one attached hydrogen (secondary N) is 1. The lowest BCUT2D eigenvalue weighted by Crippen LogP contribution is -1.97. The van der Waals surface area contributed by atoms with E-state index in [2.05, 4.69) is 81.5 Å². The number of hydrogen-bond donors (Lipinski definition) is 1. The van der Waals surface area contributed by atoms with E-state index in [4.69, 9.17) is 0 Å². The first-order chi connectivity index (χ1) is 10.0. The second kappa shape index (κ2) is 7.31. The van der Waals surface area contributed by atoms with Gasteiger partial charge >= 0.3 is 0 Å². The Labute approximate surface area is 129 Å². The summed E-state index contributed by atoms with van der Waals surface area (Å²) >= 11 is 0. The van der Waals surface area contributed by atoms with Crippen LogP contribution in [0.4, 0.5) is 11.4 Å². The highest BCUT2D eigenvalue weighted by molar-refractivity contribution is 5.61. The van der Waals surface area contributed by atoms with Crippen molar-refractivity contribution < 1.29 is 0 Å². The summed E-state index contributed by atoms with van der Waals surface area (Å²) in [5.74, 6) is 1.38. The van der Waals surface area contributed by atoms with Gasteiger partial charge in [-0.3, -0.25) is 0 Å². The van der Waals surface area contributed by atoms with E-state index in [-0.39, 0.29) is 0 Å². The maximum Gasteiger partial charge on any atom is 0.0386 e. The van der Waals surface area contributed by atoms with Crippen LogP contribution in [0, 0.1) is 11.8 Å². The van der Waals surface area contributed by atoms with E-state index >= 15 is 0 Å². The van der Waals surface area contributed by atoms with Crippen molar-refractivity contribution in [2.45, 2.75) is 40.5 Å². The molecule has 112 valence electrons. The molecule has 0 spiro atoms. The molecule has 0 saturated heterocycles. The first kappa shape index (κ1) is 15.6. The Morgan fingerprint density at radius 1 is 0.714 bits per heavy atom. The molecule has 0 aliphatic heterocycles. The molecule has 21 heavy (non-hydrogen) atoms. The van der Waals surface area contributed by atoms with Crippen molar-refractivity contribution >= 4 is 11.4 Å². The van der Waals surface area contributed by atoms with Crippen LogP contribution in [0.2, 0.25) is 0 Å². The quantitative estimate of drug-likeness (QED) is 0.702. The molecule has 0 amide bonds. The Bertz CT molecular complexity index is 518. The maximum atomic E-state index is 3.53. The fourth-order valence-corrected chi connectivity index (χ4v) is 2.66. The molecule has 0 saturated carbocycles. The summed E-state index contributed by atoms with van der Waals surface area (Å²) in [6.45, 7) is 9.04. The van der Waals surface area contributed by atoms with Crippen molar-refractivity contribution in [2.24, 2.45) is 11.8 Å². The van der Waals surface area contributed by atoms with Crippen molar-refractivity contribution in [3.05, 3.63) is 59.7 Å². The van der Waals surface area contributed by atoms with Gasteiger partial charge in [-0.15, -0.1) is 0 Å². The zero-order valence-corrected chi connectivity index (χ0v) is 13.7. The lowest BCUT2D eigenvalue weighted by molar-refractivity contribution is 0.647. The summed E-state index contributed by atoms with van der Waals surface area (Å²) in [5, 5.41) is 3.53. The van der Waals surface area contributed by atoms with Crippen LogP contribution in [-0.2, 0) is 12.8 Å². The van der Waals surface area contributed by atoms with E-state index in [1.807, 2.05) is 0 Å². The minimum Gasteiger partial charge on any atom is -0.356 e. The second-order valence-corrected chi connectivity index (χ2v) is 6.72. The van der Waals surface area contributed by atoms with Crippen molar-refractivity contribution in [3.8, 4) is 0 Å². The molecule has 0 heterocycles. The normalized spacial score (nSPS) is 11.1. The second-order valence-electron chi connectivity index (χ2n) is 6.72. The summed E-state index contributed by atoms with van der Waals surface area (Å²) in [5.41, 5.74) is 5.14. The van der Waals surface area contributed by atoms with Gasteiger partial charge in [-0.2, -0.15) is 0 Å². The fourth-order valence-electron chi connectivity index (χ4n) is 2.66. The van der Waals surface area contributed by atoms with Gasteiger partial charge in [0.2, 0.25) is 0 Å². The Kier molecular flexibility index (Phi) is 5.44. The van der Waals surface area contributed by atoms with Gasteiger partial charge in [0.1, 0.15) is 0 Å². The summed E-state index contributed by atoms with van der Waals surface area (Å²) in [6.07, 6.45) is 2.26. The molecule has 2 rings (SSSR count). The molecule has 0 aromatic heterocycles. The fraction of sp³-hybridized carbons (Fsp3) is 0.400. The Morgan fingerprint density at radius 3 is 1.52 bits per heavy atom. The van der Waals surface area contributed by atoms with E-state index in [1.165, 1.54) is 22.5 Å². The van der Waals surface area contributed by atoms with Crippen LogP contribution in [0.1, 0.15) is 38.8 Å². The zero-order chi connectivity index (χ0) is 15.2. The van der Waals surface area contributed by atoms with Gasteiger partial charge in [-0.25, -0.2) is 0 Å². The molecule has 1 N–H and O–H groups in total. The lowest BCUT2D eigenvalue weighted by atomic mass is 10.0. The molecule has 0 aliphatic rings. The largest absolute Gasteiger partial charge is 0.356 e. The third-order valence-electron chi connectivity index (χ3n) is 3.43. The van der Waals surface area contributed by atoms with E-state index in [1.54, 1.807) is 0 Å². The molecule has 0 bridgehead atoms. The highest BCUT2D eigenvalue weighted by Gasteiger charge is 2.02. The predicted molar refractivity (Wildman–Crippen MR) is 93.3 cm³/mol. The summed E-state index contributed by atoms with van der Waals surface area (Å²) in [4.78, 5) is 0. The van der Waals surface area contributed by atoms with E-state index in [0.717, 1.165) is 12.8 Å². The van der Waals surface area contributed by atoms with Crippen LogP contribution in [-0.4, -0.2) is 0 Å². The molecule has 0 aliphatic carbocycles. The third kappa shape index (κ3) is 5.26. The number of anilines is 2. The smallest absolute Gasteiger partial charge is 0.0386 e. The van der Waals surface area contributed by atoms with E-state index < -0.39 is 0 Å². The highest BCUT2D eigenvalue weighted by Crippen LogP contribution is 2.21. The van der Waals surface area contributed by atoms with Gasteiger partial charge in [0.05, 0.1) is 0 Å². The molecular formula is C20H27N. The lowest BCUT2D eigenvalue weighted by Gasteiger charge is -2.12. The molecule has 0 atom stereocenters. The minimum atomic E-state index is 0.689. The molecule has 0 radical (unpaired) electrons. The first-order valence-electron chi connectivity index (χ1n) is 7.98. The first-order valence-corrected chi connectivity index (χ1v) is 7.98. The molecular weight excluding hydrogens is 254 g/mol.